The van der Waals surface area contributed by atoms with Gasteiger partial charge in [-0.15, -0.1) is 0 Å². The minimum absolute atomic E-state index is 0.221. The highest BCUT2D eigenvalue weighted by atomic mass is 79.9. The number of rotatable bonds is 11. The number of benzene rings is 3. The predicted molar refractivity (Wildman–Crippen MR) is 153 cm³/mol. The van der Waals surface area contributed by atoms with E-state index in [0.29, 0.717) is 27.7 Å². The third-order valence-corrected chi connectivity index (χ3v) is 7.01. The Balaban J connectivity index is 1.46. The molecule has 190 valence electrons. The second-order valence-electron chi connectivity index (χ2n) is 9.44. The van der Waals surface area contributed by atoms with Gasteiger partial charge in [0.1, 0.15) is 0 Å². The van der Waals surface area contributed by atoms with Crippen molar-refractivity contribution in [3.05, 3.63) is 99.5 Å². The van der Waals surface area contributed by atoms with Crippen LogP contribution >= 0.6 is 15.9 Å². The van der Waals surface area contributed by atoms with E-state index in [4.69, 9.17) is 9.72 Å². The van der Waals surface area contributed by atoms with Crippen LogP contribution in [0, 0.1) is 6.92 Å². The second kappa shape index (κ2) is 12.8. The lowest BCUT2D eigenvalue weighted by Gasteiger charge is -2.11. The fourth-order valence-corrected chi connectivity index (χ4v) is 4.68. The number of hydrogen-bond acceptors (Lipinski definition) is 4. The van der Waals surface area contributed by atoms with Crippen molar-refractivity contribution < 1.29 is 14.3 Å². The fourth-order valence-electron chi connectivity index (χ4n) is 4.32. The van der Waals surface area contributed by atoms with Crippen LogP contribution in [0.25, 0.3) is 22.2 Å². The summed E-state index contributed by atoms with van der Waals surface area (Å²) in [6.07, 6.45) is 7.20. The third kappa shape index (κ3) is 7.14. The van der Waals surface area contributed by atoms with Crippen LogP contribution in [0.4, 0.5) is 0 Å². The molecule has 0 unspecified atom stereocenters. The molecule has 37 heavy (non-hydrogen) atoms. The summed E-state index contributed by atoms with van der Waals surface area (Å²) in [4.78, 5) is 30.7. The number of carbonyl (C=O) groups excluding carboxylic acids is 2. The predicted octanol–water partition coefficient (Wildman–Crippen LogP) is 8.53. The molecule has 0 amide bonds. The molecule has 0 atom stereocenters. The van der Waals surface area contributed by atoms with E-state index in [1.54, 1.807) is 6.07 Å². The van der Waals surface area contributed by atoms with Crippen LogP contribution < -0.4 is 0 Å². The van der Waals surface area contributed by atoms with Gasteiger partial charge < -0.3 is 4.74 Å². The van der Waals surface area contributed by atoms with Gasteiger partial charge in [-0.05, 0) is 49.6 Å². The van der Waals surface area contributed by atoms with Crippen molar-refractivity contribution in [1.82, 2.24) is 4.98 Å². The average Bonchev–Trinajstić information content (AvgIpc) is 2.91. The van der Waals surface area contributed by atoms with Gasteiger partial charge in [0, 0.05) is 21.0 Å². The van der Waals surface area contributed by atoms with Crippen LogP contribution in [0.2, 0.25) is 0 Å². The van der Waals surface area contributed by atoms with Crippen LogP contribution in [0.15, 0.2) is 77.3 Å². The molecule has 0 bridgehead atoms. The average molecular weight is 559 g/mol. The largest absolute Gasteiger partial charge is 0.454 e. The summed E-state index contributed by atoms with van der Waals surface area (Å²) < 4.78 is 6.34. The molecular formula is C32H32BrNO3. The maximum Gasteiger partial charge on any atom is 0.339 e. The van der Waals surface area contributed by atoms with E-state index in [2.05, 4.69) is 22.9 Å². The summed E-state index contributed by atoms with van der Waals surface area (Å²) in [6.45, 7) is 3.93. The lowest BCUT2D eigenvalue weighted by atomic mass is 10.0. The zero-order chi connectivity index (χ0) is 26.2. The molecule has 0 saturated heterocycles. The molecule has 4 rings (SSSR count). The number of ether oxygens (including phenoxy) is 1. The van der Waals surface area contributed by atoms with Crippen LogP contribution in [-0.4, -0.2) is 23.3 Å². The van der Waals surface area contributed by atoms with Crippen LogP contribution in [0.1, 0.15) is 70.9 Å². The summed E-state index contributed by atoms with van der Waals surface area (Å²) >= 11 is 3.48. The summed E-state index contributed by atoms with van der Waals surface area (Å²) in [5, 5.41) is 0.672. The molecule has 0 saturated carbocycles. The molecule has 1 heterocycles. The summed E-state index contributed by atoms with van der Waals surface area (Å²) in [5.74, 6) is -0.767. The Kier molecular flexibility index (Phi) is 9.24. The maximum absolute atomic E-state index is 13.2. The van der Waals surface area contributed by atoms with E-state index in [0.717, 1.165) is 28.4 Å². The van der Waals surface area contributed by atoms with Gasteiger partial charge in [-0.25, -0.2) is 9.78 Å². The zero-order valence-electron chi connectivity index (χ0n) is 21.4. The number of nitrogens with zero attached hydrogens (tertiary/aromatic N) is 1. The third-order valence-electron chi connectivity index (χ3n) is 6.52. The molecule has 0 fully saturated rings. The summed E-state index contributed by atoms with van der Waals surface area (Å²) in [5.41, 5.74) is 5.57. The number of esters is 1. The van der Waals surface area contributed by atoms with Gasteiger partial charge in [-0.2, -0.15) is 0 Å². The Bertz CT molecular complexity index is 1380. The number of halogens is 1. The SMILES string of the molecule is CCCCCCCc1ccc(C(=O)COC(=O)c2cc(-c3ccc(C)cc3)nc3ccc(Br)cc23)cc1. The van der Waals surface area contributed by atoms with Crippen molar-refractivity contribution in [2.75, 3.05) is 6.61 Å². The molecule has 4 nitrogen and oxygen atoms in total. The molecule has 0 N–H and O–H groups in total. The van der Waals surface area contributed by atoms with E-state index in [-0.39, 0.29) is 12.4 Å². The zero-order valence-corrected chi connectivity index (χ0v) is 23.0. The first kappa shape index (κ1) is 26.7. The highest BCUT2D eigenvalue weighted by molar-refractivity contribution is 9.10. The van der Waals surface area contributed by atoms with E-state index in [1.165, 1.54) is 31.2 Å². The number of aromatic nitrogens is 1. The standard InChI is InChI=1S/C32H32BrNO3/c1-3-4-5-6-7-8-23-11-15-25(16-12-23)31(35)21-37-32(36)28-20-30(24-13-9-22(2)10-14-24)34-29-18-17-26(33)19-27(28)29/h9-20H,3-8,21H2,1-2H3. The van der Waals surface area contributed by atoms with Gasteiger partial charge in [0.2, 0.25) is 0 Å². The minimum atomic E-state index is -0.545. The number of aryl methyl sites for hydroxylation is 2. The van der Waals surface area contributed by atoms with Crippen molar-refractivity contribution in [3.8, 4) is 11.3 Å². The monoisotopic (exact) mass is 557 g/mol. The van der Waals surface area contributed by atoms with Crippen molar-refractivity contribution >= 4 is 38.6 Å². The number of pyridine rings is 1. The highest BCUT2D eigenvalue weighted by Crippen LogP contribution is 2.28. The van der Waals surface area contributed by atoms with Gasteiger partial charge in [0.15, 0.2) is 12.4 Å². The number of Topliss-reactive ketones (excluding diaryl/α,β-unsaturated/α-hetero) is 1. The first-order valence-electron chi connectivity index (χ1n) is 12.9. The Labute approximate surface area is 227 Å². The Morgan fingerprint density at radius 3 is 2.32 bits per heavy atom. The Morgan fingerprint density at radius 2 is 1.59 bits per heavy atom. The molecule has 3 aromatic carbocycles. The lowest BCUT2D eigenvalue weighted by molar-refractivity contribution is 0.0476. The van der Waals surface area contributed by atoms with Gasteiger partial charge in [0.25, 0.3) is 0 Å². The molecule has 0 radical (unpaired) electrons. The van der Waals surface area contributed by atoms with E-state index >= 15 is 0 Å². The second-order valence-corrected chi connectivity index (χ2v) is 10.4. The number of hydrogen-bond donors (Lipinski definition) is 0. The topological polar surface area (TPSA) is 56.3 Å². The maximum atomic E-state index is 13.2. The van der Waals surface area contributed by atoms with E-state index in [9.17, 15) is 9.59 Å². The fraction of sp³-hybridized carbons (Fsp3) is 0.281. The molecule has 5 heteroatoms. The smallest absolute Gasteiger partial charge is 0.339 e. The number of ketones is 1. The van der Waals surface area contributed by atoms with Crippen molar-refractivity contribution in [2.45, 2.75) is 52.4 Å². The number of carbonyl (C=O) groups is 2. The summed E-state index contributed by atoms with van der Waals surface area (Å²) in [6, 6.07) is 23.0. The molecule has 0 aliphatic rings. The summed E-state index contributed by atoms with van der Waals surface area (Å²) in [7, 11) is 0. The van der Waals surface area contributed by atoms with Gasteiger partial charge in [0.05, 0.1) is 16.8 Å². The van der Waals surface area contributed by atoms with E-state index in [1.807, 2.05) is 73.7 Å². The normalized spacial score (nSPS) is 11.0. The molecule has 0 aliphatic carbocycles. The van der Waals surface area contributed by atoms with Gasteiger partial charge in [-0.1, -0.05) is 103 Å². The molecule has 0 spiro atoms. The quantitative estimate of drug-likeness (QED) is 0.105. The number of fused-ring (bicyclic) bond motifs is 1. The Hall–Kier alpha value is -3.31. The van der Waals surface area contributed by atoms with Crippen molar-refractivity contribution in [1.29, 1.82) is 0 Å². The highest BCUT2D eigenvalue weighted by Gasteiger charge is 2.18. The van der Waals surface area contributed by atoms with Crippen LogP contribution in [-0.2, 0) is 11.2 Å². The first-order valence-corrected chi connectivity index (χ1v) is 13.7. The molecular weight excluding hydrogens is 526 g/mol. The first-order chi connectivity index (χ1) is 17.9. The molecule has 0 aliphatic heterocycles. The van der Waals surface area contributed by atoms with Crippen LogP contribution in [0.5, 0.6) is 0 Å². The lowest BCUT2D eigenvalue weighted by Crippen LogP contribution is -2.15. The molecule has 1 aromatic heterocycles. The van der Waals surface area contributed by atoms with Crippen molar-refractivity contribution in [2.24, 2.45) is 0 Å². The van der Waals surface area contributed by atoms with Gasteiger partial charge in [-0.3, -0.25) is 4.79 Å². The van der Waals surface area contributed by atoms with Crippen LogP contribution in [0.3, 0.4) is 0 Å². The molecule has 4 aromatic rings. The Morgan fingerprint density at radius 1 is 0.865 bits per heavy atom. The van der Waals surface area contributed by atoms with Gasteiger partial charge >= 0.3 is 5.97 Å². The van der Waals surface area contributed by atoms with Crippen molar-refractivity contribution in [3.63, 3.8) is 0 Å². The number of unbranched alkanes of at least 4 members (excludes halogenated alkanes) is 4. The minimum Gasteiger partial charge on any atom is -0.454 e. The van der Waals surface area contributed by atoms with E-state index < -0.39 is 5.97 Å².